The smallest absolute Gasteiger partial charge is 0.0698 e. The highest BCUT2D eigenvalue weighted by Gasteiger charge is 2.27. The highest BCUT2D eigenvalue weighted by atomic mass is 16.5. The first-order valence-corrected chi connectivity index (χ1v) is 5.68. The lowest BCUT2D eigenvalue weighted by atomic mass is 10.0. The van der Waals surface area contributed by atoms with Crippen LogP contribution in [0.3, 0.4) is 0 Å². The molecule has 0 saturated carbocycles. The van der Waals surface area contributed by atoms with Gasteiger partial charge in [-0.25, -0.2) is 0 Å². The molecule has 0 spiro atoms. The monoisotopic (exact) mass is 216 g/mol. The molecule has 0 radical (unpaired) electrons. The first kappa shape index (κ1) is 12.9. The quantitative estimate of drug-likeness (QED) is 0.682. The summed E-state index contributed by atoms with van der Waals surface area (Å²) in [7, 11) is 3.67. The lowest BCUT2D eigenvalue weighted by molar-refractivity contribution is 0.0163. The number of hydrogen-bond acceptors (Lipinski definition) is 4. The summed E-state index contributed by atoms with van der Waals surface area (Å²) in [4.78, 5) is 2.37. The minimum absolute atomic E-state index is 0.164. The zero-order valence-corrected chi connectivity index (χ0v) is 10.1. The Bertz CT molecular complexity index is 183. The lowest BCUT2D eigenvalue weighted by Crippen LogP contribution is -2.55. The molecule has 1 rings (SSSR count). The van der Waals surface area contributed by atoms with Crippen molar-refractivity contribution in [2.75, 3.05) is 40.4 Å². The molecular formula is C11H24N2O2. The number of aliphatic hydroxyl groups excluding tert-OH is 1. The first-order chi connectivity index (χ1) is 7.13. The van der Waals surface area contributed by atoms with Crippen molar-refractivity contribution in [3.8, 4) is 0 Å². The van der Waals surface area contributed by atoms with Crippen LogP contribution in [0, 0.1) is 0 Å². The molecule has 1 aliphatic rings. The number of rotatable bonds is 5. The zero-order chi connectivity index (χ0) is 11.3. The molecule has 4 nitrogen and oxygen atoms in total. The molecule has 0 aliphatic carbocycles. The molecule has 0 aromatic carbocycles. The summed E-state index contributed by atoms with van der Waals surface area (Å²) in [5.41, 5.74) is -0.199. The number of nitrogens with zero attached hydrogens (tertiary/aromatic N) is 1. The summed E-state index contributed by atoms with van der Waals surface area (Å²) in [5, 5.41) is 12.5. The maximum atomic E-state index is 9.32. The van der Waals surface area contributed by atoms with Crippen molar-refractivity contribution >= 4 is 0 Å². The number of methoxy groups -OCH3 is 1. The third kappa shape index (κ3) is 3.72. The van der Waals surface area contributed by atoms with Gasteiger partial charge in [0.05, 0.1) is 18.2 Å². The van der Waals surface area contributed by atoms with Gasteiger partial charge in [0, 0.05) is 20.2 Å². The van der Waals surface area contributed by atoms with Gasteiger partial charge in [-0.05, 0) is 33.4 Å². The number of likely N-dealkylation sites (tertiary alicyclic amines) is 1. The van der Waals surface area contributed by atoms with Gasteiger partial charge in [-0.2, -0.15) is 0 Å². The highest BCUT2D eigenvalue weighted by Crippen LogP contribution is 2.15. The van der Waals surface area contributed by atoms with Gasteiger partial charge >= 0.3 is 0 Å². The van der Waals surface area contributed by atoms with Crippen LogP contribution >= 0.6 is 0 Å². The van der Waals surface area contributed by atoms with Gasteiger partial charge in [0.2, 0.25) is 0 Å². The minimum atomic E-state index is -0.199. The van der Waals surface area contributed by atoms with E-state index in [0.717, 1.165) is 26.1 Å². The molecule has 0 bridgehead atoms. The van der Waals surface area contributed by atoms with Crippen LogP contribution in [-0.2, 0) is 4.74 Å². The number of piperidine rings is 1. The van der Waals surface area contributed by atoms with Crippen LogP contribution in [-0.4, -0.2) is 62.0 Å². The third-order valence-electron chi connectivity index (χ3n) is 3.32. The summed E-state index contributed by atoms with van der Waals surface area (Å²) < 4.78 is 5.38. The summed E-state index contributed by atoms with van der Waals surface area (Å²) >= 11 is 0. The summed E-state index contributed by atoms with van der Waals surface area (Å²) in [6.45, 7) is 5.17. The van der Waals surface area contributed by atoms with Crippen LogP contribution in [0.1, 0.15) is 19.8 Å². The van der Waals surface area contributed by atoms with Crippen molar-refractivity contribution in [2.45, 2.75) is 31.4 Å². The van der Waals surface area contributed by atoms with E-state index in [4.69, 9.17) is 4.74 Å². The van der Waals surface area contributed by atoms with E-state index in [2.05, 4.69) is 10.2 Å². The number of aliphatic hydroxyl groups is 1. The maximum absolute atomic E-state index is 9.32. The van der Waals surface area contributed by atoms with E-state index in [1.54, 1.807) is 7.11 Å². The topological polar surface area (TPSA) is 44.7 Å². The molecule has 0 aromatic heterocycles. The molecule has 1 heterocycles. The Hall–Kier alpha value is -0.160. The Labute approximate surface area is 92.6 Å². The number of likely N-dealkylation sites (N-methyl/N-ethyl adjacent to an activating group) is 1. The molecule has 15 heavy (non-hydrogen) atoms. The fourth-order valence-electron chi connectivity index (χ4n) is 2.05. The second-order valence-electron chi connectivity index (χ2n) is 4.70. The van der Waals surface area contributed by atoms with E-state index in [9.17, 15) is 5.11 Å². The van der Waals surface area contributed by atoms with Crippen molar-refractivity contribution in [3.05, 3.63) is 0 Å². The fourth-order valence-corrected chi connectivity index (χ4v) is 2.05. The molecule has 1 aliphatic heterocycles. The van der Waals surface area contributed by atoms with Gasteiger partial charge < -0.3 is 15.2 Å². The molecule has 1 saturated heterocycles. The van der Waals surface area contributed by atoms with E-state index in [1.807, 2.05) is 14.0 Å². The van der Waals surface area contributed by atoms with E-state index in [0.29, 0.717) is 6.10 Å². The molecule has 2 N–H and O–H groups in total. The molecule has 0 aromatic rings. The largest absolute Gasteiger partial charge is 0.394 e. The second-order valence-corrected chi connectivity index (χ2v) is 4.70. The predicted octanol–water partition coefficient (Wildman–Crippen LogP) is 0.0676. The number of hydrogen-bond donors (Lipinski definition) is 2. The van der Waals surface area contributed by atoms with Crippen LogP contribution in [0.25, 0.3) is 0 Å². The van der Waals surface area contributed by atoms with Crippen molar-refractivity contribution in [1.29, 1.82) is 0 Å². The summed E-state index contributed by atoms with van der Waals surface area (Å²) in [5.74, 6) is 0. The molecule has 2 atom stereocenters. The second kappa shape index (κ2) is 5.80. The predicted molar refractivity (Wildman–Crippen MR) is 61.0 cm³/mol. The Morgan fingerprint density at radius 2 is 2.33 bits per heavy atom. The summed E-state index contributed by atoms with van der Waals surface area (Å²) in [6.07, 6.45) is 2.70. The summed E-state index contributed by atoms with van der Waals surface area (Å²) in [6, 6.07) is 0. The van der Waals surface area contributed by atoms with Crippen LogP contribution in [0.2, 0.25) is 0 Å². The third-order valence-corrected chi connectivity index (χ3v) is 3.32. The van der Waals surface area contributed by atoms with Gasteiger partial charge in [0.15, 0.2) is 0 Å². The molecule has 4 heteroatoms. The average molecular weight is 216 g/mol. The van der Waals surface area contributed by atoms with Gasteiger partial charge in [-0.3, -0.25) is 4.90 Å². The lowest BCUT2D eigenvalue weighted by Gasteiger charge is -2.38. The van der Waals surface area contributed by atoms with E-state index < -0.39 is 0 Å². The normalized spacial score (nSPS) is 27.6. The Morgan fingerprint density at radius 3 is 2.87 bits per heavy atom. The minimum Gasteiger partial charge on any atom is -0.394 e. The Morgan fingerprint density at radius 1 is 1.60 bits per heavy atom. The van der Waals surface area contributed by atoms with Crippen molar-refractivity contribution in [3.63, 3.8) is 0 Å². The molecule has 1 fully saturated rings. The maximum Gasteiger partial charge on any atom is 0.0698 e. The Balaban J connectivity index is 2.43. The van der Waals surface area contributed by atoms with Gasteiger partial charge in [-0.15, -0.1) is 0 Å². The number of ether oxygens (including phenoxy) is 1. The van der Waals surface area contributed by atoms with Crippen molar-refractivity contribution < 1.29 is 9.84 Å². The Kier molecular flexibility index (Phi) is 4.99. The van der Waals surface area contributed by atoms with E-state index in [1.165, 1.54) is 6.42 Å². The van der Waals surface area contributed by atoms with Gasteiger partial charge in [0.1, 0.15) is 0 Å². The van der Waals surface area contributed by atoms with Gasteiger partial charge in [-0.1, -0.05) is 0 Å². The molecule has 2 unspecified atom stereocenters. The van der Waals surface area contributed by atoms with Crippen LogP contribution in [0.4, 0.5) is 0 Å². The van der Waals surface area contributed by atoms with E-state index >= 15 is 0 Å². The molecule has 0 amide bonds. The van der Waals surface area contributed by atoms with Crippen LogP contribution in [0.5, 0.6) is 0 Å². The van der Waals surface area contributed by atoms with Crippen LogP contribution < -0.4 is 5.32 Å². The van der Waals surface area contributed by atoms with Crippen molar-refractivity contribution in [2.24, 2.45) is 0 Å². The van der Waals surface area contributed by atoms with Crippen LogP contribution in [0.15, 0.2) is 0 Å². The molecular weight excluding hydrogens is 192 g/mol. The number of nitrogens with one attached hydrogen (secondary N) is 1. The van der Waals surface area contributed by atoms with E-state index in [-0.39, 0.29) is 12.1 Å². The van der Waals surface area contributed by atoms with Crippen molar-refractivity contribution in [1.82, 2.24) is 10.2 Å². The highest BCUT2D eigenvalue weighted by molar-refractivity contribution is 4.86. The SMILES string of the molecule is CNC(C)(CO)CN1CCCC(OC)C1. The fraction of sp³-hybridized carbons (Fsp3) is 1.00. The zero-order valence-electron chi connectivity index (χ0n) is 10.1. The molecule has 90 valence electrons. The van der Waals surface area contributed by atoms with Gasteiger partial charge in [0.25, 0.3) is 0 Å². The standard InChI is InChI=1S/C11H24N2O2/c1-11(9-14,12-2)8-13-6-4-5-10(7-13)15-3/h10,12,14H,4-9H2,1-3H3. The average Bonchev–Trinajstić information content (AvgIpc) is 2.29. The first-order valence-electron chi connectivity index (χ1n) is 5.68.